The van der Waals surface area contributed by atoms with E-state index < -0.39 is 23.4 Å². The van der Waals surface area contributed by atoms with Crippen molar-refractivity contribution < 1.29 is 23.5 Å². The molecule has 126 valence electrons. The average Bonchev–Trinajstić information content (AvgIpc) is 2.78. The van der Waals surface area contributed by atoms with Gasteiger partial charge in [0.25, 0.3) is 0 Å². The zero-order valence-corrected chi connectivity index (χ0v) is 14.3. The predicted molar refractivity (Wildman–Crippen MR) is 81.4 cm³/mol. The Bertz CT molecular complexity index is 586. The zero-order valence-electron chi connectivity index (χ0n) is 14.3. The first-order valence-electron chi connectivity index (χ1n) is 7.13. The molecule has 0 aliphatic carbocycles. The SMILES string of the molecule is CC(C)(C)OC(=O)N(Cc1ccoc1C#N)C(=O)OC(C)(C)C. The van der Waals surface area contributed by atoms with Crippen LogP contribution in [0.5, 0.6) is 0 Å². The van der Waals surface area contributed by atoms with Crippen LogP contribution in [0, 0.1) is 11.3 Å². The largest absolute Gasteiger partial charge is 0.453 e. The van der Waals surface area contributed by atoms with Gasteiger partial charge in [-0.25, -0.2) is 14.5 Å². The second-order valence-corrected chi connectivity index (χ2v) is 6.93. The molecule has 1 heterocycles. The molecule has 0 fully saturated rings. The second kappa shape index (κ2) is 6.73. The van der Waals surface area contributed by atoms with Crippen LogP contribution in [-0.2, 0) is 16.0 Å². The molecule has 1 rings (SSSR count). The number of hydrogen-bond donors (Lipinski definition) is 0. The van der Waals surface area contributed by atoms with E-state index in [9.17, 15) is 9.59 Å². The van der Waals surface area contributed by atoms with Crippen LogP contribution < -0.4 is 0 Å². The van der Waals surface area contributed by atoms with E-state index in [1.165, 1.54) is 12.3 Å². The van der Waals surface area contributed by atoms with E-state index >= 15 is 0 Å². The number of ether oxygens (including phenoxy) is 2. The lowest BCUT2D eigenvalue weighted by atomic mass is 10.2. The molecule has 0 aliphatic heterocycles. The first kappa shape index (κ1) is 18.6. The summed E-state index contributed by atoms with van der Waals surface area (Å²) in [6.45, 7) is 9.97. The van der Waals surface area contributed by atoms with E-state index in [0.717, 1.165) is 4.90 Å². The van der Waals surface area contributed by atoms with Gasteiger partial charge in [-0.15, -0.1) is 0 Å². The van der Waals surface area contributed by atoms with Gasteiger partial charge in [-0.05, 0) is 47.6 Å². The Morgan fingerprint density at radius 1 is 1.13 bits per heavy atom. The number of nitriles is 1. The molecule has 0 N–H and O–H groups in total. The molecular weight excluding hydrogens is 300 g/mol. The normalized spacial score (nSPS) is 11.5. The van der Waals surface area contributed by atoms with Gasteiger partial charge in [0.2, 0.25) is 5.76 Å². The molecule has 0 aromatic carbocycles. The fraction of sp³-hybridized carbons (Fsp3) is 0.562. The van der Waals surface area contributed by atoms with Crippen LogP contribution >= 0.6 is 0 Å². The summed E-state index contributed by atoms with van der Waals surface area (Å²) in [5.41, 5.74) is -1.15. The molecule has 23 heavy (non-hydrogen) atoms. The Kier molecular flexibility index (Phi) is 5.43. The Morgan fingerprint density at radius 3 is 2.00 bits per heavy atom. The van der Waals surface area contributed by atoms with E-state index in [0.29, 0.717) is 5.56 Å². The van der Waals surface area contributed by atoms with Gasteiger partial charge in [0.1, 0.15) is 17.3 Å². The van der Waals surface area contributed by atoms with Crippen molar-refractivity contribution in [3.05, 3.63) is 23.7 Å². The summed E-state index contributed by atoms with van der Waals surface area (Å²) in [5, 5.41) is 8.98. The Balaban J connectivity index is 3.04. The summed E-state index contributed by atoms with van der Waals surface area (Å²) in [6, 6.07) is 3.37. The Labute approximate surface area is 135 Å². The van der Waals surface area contributed by atoms with Crippen LogP contribution in [0.15, 0.2) is 16.7 Å². The minimum Gasteiger partial charge on any atom is -0.453 e. The minimum atomic E-state index is -0.850. The summed E-state index contributed by atoms with van der Waals surface area (Å²) < 4.78 is 15.4. The highest BCUT2D eigenvalue weighted by Crippen LogP contribution is 2.19. The molecule has 0 saturated heterocycles. The fourth-order valence-corrected chi connectivity index (χ4v) is 1.57. The number of carbonyl (C=O) groups is 2. The van der Waals surface area contributed by atoms with E-state index in [-0.39, 0.29) is 12.3 Å². The lowest BCUT2D eigenvalue weighted by Gasteiger charge is -2.28. The Hall–Kier alpha value is -2.49. The molecule has 7 heteroatoms. The second-order valence-electron chi connectivity index (χ2n) is 6.93. The van der Waals surface area contributed by atoms with Crippen molar-refractivity contribution >= 4 is 12.2 Å². The smallest absolute Gasteiger partial charge is 0.420 e. The van der Waals surface area contributed by atoms with E-state index in [2.05, 4.69) is 0 Å². The topological polar surface area (TPSA) is 92.8 Å². The molecule has 0 saturated carbocycles. The number of carbonyl (C=O) groups excluding carboxylic acids is 2. The molecule has 2 amide bonds. The maximum atomic E-state index is 12.3. The van der Waals surface area contributed by atoms with Gasteiger partial charge in [-0.1, -0.05) is 0 Å². The molecule has 1 aromatic rings. The van der Waals surface area contributed by atoms with Gasteiger partial charge >= 0.3 is 12.2 Å². The first-order chi connectivity index (χ1) is 10.4. The van der Waals surface area contributed by atoms with Crippen molar-refractivity contribution in [2.24, 2.45) is 0 Å². The molecule has 0 atom stereocenters. The van der Waals surface area contributed by atoms with Crippen molar-refractivity contribution in [3.63, 3.8) is 0 Å². The molecule has 0 unspecified atom stereocenters. The molecule has 1 aromatic heterocycles. The van der Waals surface area contributed by atoms with Crippen molar-refractivity contribution in [2.45, 2.75) is 59.3 Å². The van der Waals surface area contributed by atoms with Crippen LogP contribution in [-0.4, -0.2) is 28.3 Å². The monoisotopic (exact) mass is 322 g/mol. The van der Waals surface area contributed by atoms with Crippen LogP contribution in [0.1, 0.15) is 52.9 Å². The van der Waals surface area contributed by atoms with E-state index in [1.807, 2.05) is 6.07 Å². The molecule has 7 nitrogen and oxygen atoms in total. The average molecular weight is 322 g/mol. The van der Waals surface area contributed by atoms with Crippen LogP contribution in [0.3, 0.4) is 0 Å². The predicted octanol–water partition coefficient (Wildman–Crippen LogP) is 3.82. The number of hydrogen-bond acceptors (Lipinski definition) is 6. The van der Waals surface area contributed by atoms with Crippen molar-refractivity contribution in [1.82, 2.24) is 4.90 Å². The third kappa shape index (κ3) is 6.02. The first-order valence-corrected chi connectivity index (χ1v) is 7.13. The summed E-state index contributed by atoms with van der Waals surface area (Å²) >= 11 is 0. The maximum Gasteiger partial charge on any atom is 0.420 e. The number of furan rings is 1. The fourth-order valence-electron chi connectivity index (χ4n) is 1.57. The molecule has 0 radical (unpaired) electrons. The van der Waals surface area contributed by atoms with Gasteiger partial charge < -0.3 is 13.9 Å². The summed E-state index contributed by atoms with van der Waals surface area (Å²) in [4.78, 5) is 25.4. The van der Waals surface area contributed by atoms with Crippen LogP contribution in [0.2, 0.25) is 0 Å². The summed E-state index contributed by atoms with van der Waals surface area (Å²) in [7, 11) is 0. The van der Waals surface area contributed by atoms with Gasteiger partial charge in [0.15, 0.2) is 0 Å². The molecular formula is C16H22N2O5. The van der Waals surface area contributed by atoms with Crippen molar-refractivity contribution in [1.29, 1.82) is 5.26 Å². The highest BCUT2D eigenvalue weighted by atomic mass is 16.6. The van der Waals surface area contributed by atoms with Gasteiger partial charge in [-0.2, -0.15) is 5.26 Å². The van der Waals surface area contributed by atoms with Gasteiger partial charge in [-0.3, -0.25) is 0 Å². The number of nitrogens with zero attached hydrogens (tertiary/aromatic N) is 2. The summed E-state index contributed by atoms with van der Waals surface area (Å²) in [5.74, 6) is 0.0297. The molecule has 0 aliphatic rings. The number of amides is 2. The maximum absolute atomic E-state index is 12.3. The molecule has 0 spiro atoms. The van der Waals surface area contributed by atoms with Crippen LogP contribution in [0.25, 0.3) is 0 Å². The van der Waals surface area contributed by atoms with Crippen LogP contribution in [0.4, 0.5) is 9.59 Å². The lowest BCUT2D eigenvalue weighted by molar-refractivity contribution is -0.000271. The van der Waals surface area contributed by atoms with Crippen molar-refractivity contribution in [2.75, 3.05) is 0 Å². The van der Waals surface area contributed by atoms with Gasteiger partial charge in [0, 0.05) is 5.56 Å². The lowest BCUT2D eigenvalue weighted by Crippen LogP contribution is -2.43. The standard InChI is InChI=1S/C16H22N2O5/c1-15(2,3)22-13(19)18(14(20)23-16(4,5)6)10-11-7-8-21-12(11)9-17/h7-8H,10H2,1-6H3. The summed E-state index contributed by atoms with van der Waals surface area (Å²) in [6.07, 6.45) is -0.385. The quantitative estimate of drug-likeness (QED) is 0.821. The third-order valence-electron chi connectivity index (χ3n) is 2.40. The van der Waals surface area contributed by atoms with E-state index in [1.54, 1.807) is 41.5 Å². The van der Waals surface area contributed by atoms with Gasteiger partial charge in [0.05, 0.1) is 12.8 Å². The minimum absolute atomic E-state index is 0.0297. The highest BCUT2D eigenvalue weighted by Gasteiger charge is 2.32. The zero-order chi connectivity index (χ0) is 17.8. The highest BCUT2D eigenvalue weighted by molar-refractivity contribution is 5.88. The van der Waals surface area contributed by atoms with Crippen molar-refractivity contribution in [3.8, 4) is 6.07 Å². The Morgan fingerprint density at radius 2 is 1.61 bits per heavy atom. The number of imide groups is 1. The molecule has 0 bridgehead atoms. The number of rotatable bonds is 2. The third-order valence-corrected chi connectivity index (χ3v) is 2.40. The van der Waals surface area contributed by atoms with E-state index in [4.69, 9.17) is 19.2 Å².